The van der Waals surface area contributed by atoms with Gasteiger partial charge in [0.15, 0.2) is 0 Å². The van der Waals surface area contributed by atoms with Crippen LogP contribution in [-0.2, 0) is 14.8 Å². The number of sulfonamides is 1. The van der Waals surface area contributed by atoms with E-state index in [-0.39, 0.29) is 11.0 Å². The van der Waals surface area contributed by atoms with Gasteiger partial charge in [-0.3, -0.25) is 0 Å². The molecule has 1 unspecified atom stereocenters. The standard InChI is InChI=1S/C14H22N2O4S/c1-19-14-6-5-12(10-13(14)15)21(17,18)16-8-7-11-4-2-3-9-20-11/h5-6,10-11,16H,2-4,7-9,15H2,1H3. The summed E-state index contributed by atoms with van der Waals surface area (Å²) in [7, 11) is -2.06. The van der Waals surface area contributed by atoms with Crippen LogP contribution in [0.2, 0.25) is 0 Å². The van der Waals surface area contributed by atoms with Gasteiger partial charge in [0.1, 0.15) is 5.75 Å². The van der Waals surface area contributed by atoms with Crippen LogP contribution in [0.3, 0.4) is 0 Å². The number of anilines is 1. The van der Waals surface area contributed by atoms with E-state index in [0.29, 0.717) is 24.4 Å². The number of rotatable bonds is 6. The maximum Gasteiger partial charge on any atom is 0.240 e. The molecule has 6 nitrogen and oxygen atoms in total. The molecule has 1 aromatic carbocycles. The Morgan fingerprint density at radius 3 is 2.86 bits per heavy atom. The smallest absolute Gasteiger partial charge is 0.240 e. The highest BCUT2D eigenvalue weighted by atomic mass is 32.2. The summed E-state index contributed by atoms with van der Waals surface area (Å²) >= 11 is 0. The number of nitrogens with two attached hydrogens (primary N) is 1. The van der Waals surface area contributed by atoms with Crippen LogP contribution in [0.1, 0.15) is 25.7 Å². The predicted octanol–water partition coefficient (Wildman–Crippen LogP) is 1.51. The summed E-state index contributed by atoms with van der Waals surface area (Å²) in [6, 6.07) is 4.43. The summed E-state index contributed by atoms with van der Waals surface area (Å²) < 4.78 is 37.5. The third-order valence-corrected chi connectivity index (χ3v) is 5.00. The van der Waals surface area contributed by atoms with Gasteiger partial charge >= 0.3 is 0 Å². The van der Waals surface area contributed by atoms with Crippen LogP contribution in [0.5, 0.6) is 5.75 Å². The SMILES string of the molecule is COc1ccc(S(=O)(=O)NCCC2CCCCO2)cc1N. The van der Waals surface area contributed by atoms with Crippen LogP contribution < -0.4 is 15.2 Å². The molecular formula is C14H22N2O4S. The van der Waals surface area contributed by atoms with Gasteiger partial charge in [0.2, 0.25) is 10.0 Å². The maximum absolute atomic E-state index is 12.2. The minimum atomic E-state index is -3.55. The van der Waals surface area contributed by atoms with Gasteiger partial charge in [-0.1, -0.05) is 0 Å². The van der Waals surface area contributed by atoms with Gasteiger partial charge in [0.05, 0.1) is 23.8 Å². The van der Waals surface area contributed by atoms with Crippen molar-refractivity contribution in [3.05, 3.63) is 18.2 Å². The van der Waals surface area contributed by atoms with Crippen molar-refractivity contribution >= 4 is 15.7 Å². The number of hydrogen-bond donors (Lipinski definition) is 2. The molecule has 1 aromatic rings. The lowest BCUT2D eigenvalue weighted by Crippen LogP contribution is -2.29. The first kappa shape index (κ1) is 16.1. The second kappa shape index (κ2) is 7.11. The Kier molecular flexibility index (Phi) is 5.44. The van der Waals surface area contributed by atoms with Crippen LogP contribution in [-0.4, -0.2) is 34.8 Å². The van der Waals surface area contributed by atoms with Gasteiger partial charge in [-0.25, -0.2) is 13.1 Å². The molecule has 21 heavy (non-hydrogen) atoms. The molecule has 1 saturated heterocycles. The molecule has 0 bridgehead atoms. The number of ether oxygens (including phenoxy) is 2. The number of nitrogen functional groups attached to an aromatic ring is 1. The fourth-order valence-corrected chi connectivity index (χ4v) is 3.43. The lowest BCUT2D eigenvalue weighted by molar-refractivity contribution is 0.0123. The topological polar surface area (TPSA) is 90.7 Å². The molecule has 1 aliphatic rings. The monoisotopic (exact) mass is 314 g/mol. The van der Waals surface area contributed by atoms with Gasteiger partial charge in [0, 0.05) is 13.2 Å². The molecule has 0 amide bonds. The average Bonchev–Trinajstić information content (AvgIpc) is 2.48. The van der Waals surface area contributed by atoms with E-state index in [9.17, 15) is 8.42 Å². The second-order valence-corrected chi connectivity index (χ2v) is 6.85. The average molecular weight is 314 g/mol. The molecule has 1 aliphatic heterocycles. The van der Waals surface area contributed by atoms with E-state index in [0.717, 1.165) is 25.9 Å². The highest BCUT2D eigenvalue weighted by molar-refractivity contribution is 7.89. The van der Waals surface area contributed by atoms with Gasteiger partial charge in [0.25, 0.3) is 0 Å². The van der Waals surface area contributed by atoms with Crippen molar-refractivity contribution in [1.29, 1.82) is 0 Å². The third kappa shape index (κ3) is 4.33. The second-order valence-electron chi connectivity index (χ2n) is 5.08. The zero-order valence-corrected chi connectivity index (χ0v) is 13.0. The van der Waals surface area contributed by atoms with E-state index in [4.69, 9.17) is 15.2 Å². The minimum absolute atomic E-state index is 0.144. The highest BCUT2D eigenvalue weighted by Gasteiger charge is 2.18. The summed E-state index contributed by atoms with van der Waals surface area (Å²) in [4.78, 5) is 0.144. The molecular weight excluding hydrogens is 292 g/mol. The highest BCUT2D eigenvalue weighted by Crippen LogP contribution is 2.24. The Hall–Kier alpha value is -1.31. The Labute approximate surface area is 125 Å². The largest absolute Gasteiger partial charge is 0.495 e. The number of hydrogen-bond acceptors (Lipinski definition) is 5. The Morgan fingerprint density at radius 2 is 2.24 bits per heavy atom. The first-order chi connectivity index (χ1) is 10.0. The Balaban J connectivity index is 1.93. The first-order valence-corrected chi connectivity index (χ1v) is 8.56. The molecule has 0 aliphatic carbocycles. The zero-order valence-electron chi connectivity index (χ0n) is 12.2. The van der Waals surface area contributed by atoms with Crippen LogP contribution in [0.25, 0.3) is 0 Å². The van der Waals surface area contributed by atoms with Crippen LogP contribution in [0.4, 0.5) is 5.69 Å². The summed E-state index contributed by atoms with van der Waals surface area (Å²) in [5.74, 6) is 0.463. The molecule has 2 rings (SSSR count). The summed E-state index contributed by atoms with van der Waals surface area (Å²) in [6.07, 6.45) is 4.07. The molecule has 1 fully saturated rings. The quantitative estimate of drug-likeness (QED) is 0.777. The molecule has 0 aromatic heterocycles. The van der Waals surface area contributed by atoms with Crippen molar-refractivity contribution in [3.63, 3.8) is 0 Å². The van der Waals surface area contributed by atoms with Crippen LogP contribution >= 0.6 is 0 Å². The molecule has 0 saturated carbocycles. The van der Waals surface area contributed by atoms with Crippen molar-refractivity contribution in [3.8, 4) is 5.75 Å². The van der Waals surface area contributed by atoms with E-state index in [2.05, 4.69) is 4.72 Å². The van der Waals surface area contributed by atoms with E-state index < -0.39 is 10.0 Å². The van der Waals surface area contributed by atoms with Crippen molar-refractivity contribution in [2.24, 2.45) is 0 Å². The molecule has 1 heterocycles. The summed E-state index contributed by atoms with van der Waals surface area (Å²) in [5.41, 5.74) is 6.04. The Bertz CT molecular complexity index is 568. The van der Waals surface area contributed by atoms with E-state index in [1.807, 2.05) is 0 Å². The van der Waals surface area contributed by atoms with Gasteiger partial charge < -0.3 is 15.2 Å². The molecule has 118 valence electrons. The Morgan fingerprint density at radius 1 is 1.43 bits per heavy atom. The van der Waals surface area contributed by atoms with E-state index in [1.54, 1.807) is 6.07 Å². The van der Waals surface area contributed by atoms with Crippen molar-refractivity contribution in [1.82, 2.24) is 4.72 Å². The number of benzene rings is 1. The fraction of sp³-hybridized carbons (Fsp3) is 0.571. The van der Waals surface area contributed by atoms with Crippen molar-refractivity contribution in [2.75, 3.05) is 26.0 Å². The van der Waals surface area contributed by atoms with Gasteiger partial charge in [-0.2, -0.15) is 0 Å². The fourth-order valence-electron chi connectivity index (χ4n) is 2.35. The normalized spacial score (nSPS) is 19.4. The number of nitrogens with one attached hydrogen (secondary N) is 1. The maximum atomic E-state index is 12.2. The molecule has 7 heteroatoms. The zero-order chi connectivity index (χ0) is 15.3. The van der Waals surface area contributed by atoms with Crippen molar-refractivity contribution in [2.45, 2.75) is 36.7 Å². The molecule has 1 atom stereocenters. The first-order valence-electron chi connectivity index (χ1n) is 7.08. The van der Waals surface area contributed by atoms with E-state index >= 15 is 0 Å². The van der Waals surface area contributed by atoms with Gasteiger partial charge in [-0.15, -0.1) is 0 Å². The lowest BCUT2D eigenvalue weighted by Gasteiger charge is -2.22. The minimum Gasteiger partial charge on any atom is -0.495 e. The van der Waals surface area contributed by atoms with Crippen LogP contribution in [0.15, 0.2) is 23.1 Å². The molecule has 0 radical (unpaired) electrons. The predicted molar refractivity (Wildman–Crippen MR) is 80.8 cm³/mol. The van der Waals surface area contributed by atoms with Gasteiger partial charge in [-0.05, 0) is 43.9 Å². The van der Waals surface area contributed by atoms with Crippen molar-refractivity contribution < 1.29 is 17.9 Å². The molecule has 0 spiro atoms. The summed E-state index contributed by atoms with van der Waals surface area (Å²) in [6.45, 7) is 1.13. The van der Waals surface area contributed by atoms with E-state index in [1.165, 1.54) is 19.2 Å². The lowest BCUT2D eigenvalue weighted by atomic mass is 10.1. The molecule has 3 N–H and O–H groups in total. The number of methoxy groups -OCH3 is 1. The summed E-state index contributed by atoms with van der Waals surface area (Å²) in [5, 5.41) is 0. The third-order valence-electron chi connectivity index (χ3n) is 3.54. The van der Waals surface area contributed by atoms with Crippen LogP contribution in [0, 0.1) is 0 Å².